The minimum atomic E-state index is 0.171. The summed E-state index contributed by atoms with van der Waals surface area (Å²) in [6.45, 7) is 5.23. The number of nitrogens with one attached hydrogen (secondary N) is 1. The summed E-state index contributed by atoms with van der Waals surface area (Å²) in [5.41, 5.74) is 3.54. The maximum atomic E-state index is 5.20. The van der Waals surface area contributed by atoms with Crippen LogP contribution in [0.4, 0.5) is 0 Å². The van der Waals surface area contributed by atoms with Crippen molar-refractivity contribution in [3.05, 3.63) is 53.5 Å². The molecule has 0 saturated carbocycles. The van der Waals surface area contributed by atoms with Crippen LogP contribution in [0, 0.1) is 6.92 Å². The van der Waals surface area contributed by atoms with Gasteiger partial charge in [-0.2, -0.15) is 0 Å². The van der Waals surface area contributed by atoms with Crippen molar-refractivity contribution in [1.82, 2.24) is 15.3 Å². The predicted octanol–water partition coefficient (Wildman–Crippen LogP) is 3.08. The molecule has 0 aliphatic heterocycles. The van der Waals surface area contributed by atoms with Crippen LogP contribution >= 0.6 is 0 Å². The molecule has 0 fully saturated rings. The van der Waals surface area contributed by atoms with Crippen molar-refractivity contribution in [3.8, 4) is 5.88 Å². The lowest BCUT2D eigenvalue weighted by Gasteiger charge is -2.18. The molecule has 1 N–H and O–H groups in total. The number of aryl methyl sites for hydroxylation is 1. The summed E-state index contributed by atoms with van der Waals surface area (Å²) in [5.74, 6) is 0.604. The summed E-state index contributed by atoms with van der Waals surface area (Å²) in [7, 11) is 1.63. The number of rotatable bonds is 7. The van der Waals surface area contributed by atoms with Crippen molar-refractivity contribution in [2.24, 2.45) is 0 Å². The van der Waals surface area contributed by atoms with E-state index in [2.05, 4.69) is 53.4 Å². The highest BCUT2D eigenvalue weighted by atomic mass is 16.5. The fraction of sp³-hybridized carbons (Fsp3) is 0.412. The van der Waals surface area contributed by atoms with Crippen LogP contribution in [-0.4, -0.2) is 23.6 Å². The van der Waals surface area contributed by atoms with Gasteiger partial charge in [-0.05, 0) is 31.9 Å². The molecule has 1 aromatic carbocycles. The van der Waals surface area contributed by atoms with E-state index in [1.54, 1.807) is 13.4 Å². The standard InChI is InChI=1S/C17H23N3O/c1-4-9-18-15(10-14-7-5-13(2)6-8-14)16-11-17(21-3)20-12-19-16/h5-8,11-12,15,18H,4,9-10H2,1-3H3. The lowest BCUT2D eigenvalue weighted by atomic mass is 10.0. The summed E-state index contributed by atoms with van der Waals surface area (Å²) in [5, 5.41) is 3.55. The summed E-state index contributed by atoms with van der Waals surface area (Å²) >= 11 is 0. The van der Waals surface area contributed by atoms with E-state index in [9.17, 15) is 0 Å². The Hall–Kier alpha value is -1.94. The van der Waals surface area contributed by atoms with E-state index in [0.29, 0.717) is 5.88 Å². The van der Waals surface area contributed by atoms with Crippen LogP contribution < -0.4 is 10.1 Å². The summed E-state index contributed by atoms with van der Waals surface area (Å²) in [6, 6.07) is 10.7. The average Bonchev–Trinajstić information content (AvgIpc) is 2.53. The number of aromatic nitrogens is 2. The van der Waals surface area contributed by atoms with E-state index in [1.165, 1.54) is 11.1 Å². The number of benzene rings is 1. The Balaban J connectivity index is 2.18. The zero-order valence-corrected chi connectivity index (χ0v) is 13.0. The van der Waals surface area contributed by atoms with Gasteiger partial charge in [-0.1, -0.05) is 36.8 Å². The molecule has 0 bridgehead atoms. The van der Waals surface area contributed by atoms with Crippen LogP contribution in [0.3, 0.4) is 0 Å². The van der Waals surface area contributed by atoms with E-state index < -0.39 is 0 Å². The van der Waals surface area contributed by atoms with E-state index in [4.69, 9.17) is 4.74 Å². The molecule has 0 saturated heterocycles. The first kappa shape index (κ1) is 15.4. The smallest absolute Gasteiger partial charge is 0.216 e. The van der Waals surface area contributed by atoms with Gasteiger partial charge in [0.05, 0.1) is 18.8 Å². The lowest BCUT2D eigenvalue weighted by Crippen LogP contribution is -2.25. The first-order valence-corrected chi connectivity index (χ1v) is 7.37. The normalized spacial score (nSPS) is 12.1. The second-order valence-electron chi connectivity index (χ2n) is 5.18. The summed E-state index contributed by atoms with van der Waals surface area (Å²) < 4.78 is 5.20. The number of ether oxygens (including phenoxy) is 1. The van der Waals surface area contributed by atoms with E-state index in [-0.39, 0.29) is 6.04 Å². The van der Waals surface area contributed by atoms with Crippen LogP contribution in [0.2, 0.25) is 0 Å². The molecular formula is C17H23N3O. The van der Waals surface area contributed by atoms with E-state index in [0.717, 1.165) is 25.1 Å². The highest BCUT2D eigenvalue weighted by Gasteiger charge is 2.14. The monoisotopic (exact) mass is 285 g/mol. The van der Waals surface area contributed by atoms with Crippen molar-refractivity contribution in [1.29, 1.82) is 0 Å². The third-order valence-corrected chi connectivity index (χ3v) is 3.43. The third kappa shape index (κ3) is 4.53. The molecular weight excluding hydrogens is 262 g/mol. The lowest BCUT2D eigenvalue weighted by molar-refractivity contribution is 0.393. The molecule has 2 rings (SSSR count). The van der Waals surface area contributed by atoms with Crippen LogP contribution in [0.15, 0.2) is 36.7 Å². The van der Waals surface area contributed by atoms with Crippen molar-refractivity contribution in [2.45, 2.75) is 32.7 Å². The molecule has 0 aliphatic carbocycles. The van der Waals surface area contributed by atoms with Gasteiger partial charge in [-0.25, -0.2) is 9.97 Å². The van der Waals surface area contributed by atoms with Gasteiger partial charge in [-0.3, -0.25) is 0 Å². The summed E-state index contributed by atoms with van der Waals surface area (Å²) in [6.07, 6.45) is 3.55. The van der Waals surface area contributed by atoms with E-state index >= 15 is 0 Å². The Kier molecular flexibility index (Phi) is 5.69. The van der Waals surface area contributed by atoms with Crippen molar-refractivity contribution >= 4 is 0 Å². The number of nitrogens with zero attached hydrogens (tertiary/aromatic N) is 2. The zero-order valence-electron chi connectivity index (χ0n) is 13.0. The van der Waals surface area contributed by atoms with Gasteiger partial charge in [0.15, 0.2) is 0 Å². The molecule has 0 radical (unpaired) electrons. The Bertz CT molecular complexity index is 554. The molecule has 4 nitrogen and oxygen atoms in total. The molecule has 1 heterocycles. The minimum Gasteiger partial charge on any atom is -0.481 e. The van der Waals surface area contributed by atoms with Gasteiger partial charge < -0.3 is 10.1 Å². The highest BCUT2D eigenvalue weighted by molar-refractivity contribution is 5.24. The number of methoxy groups -OCH3 is 1. The van der Waals surface area contributed by atoms with E-state index in [1.807, 2.05) is 6.07 Å². The van der Waals surface area contributed by atoms with Gasteiger partial charge in [0, 0.05) is 6.07 Å². The SMILES string of the molecule is CCCNC(Cc1ccc(C)cc1)c1cc(OC)ncn1. The Labute approximate surface area is 126 Å². The second-order valence-corrected chi connectivity index (χ2v) is 5.18. The fourth-order valence-corrected chi connectivity index (χ4v) is 2.22. The average molecular weight is 285 g/mol. The molecule has 2 aromatic rings. The Morgan fingerprint density at radius 1 is 1.19 bits per heavy atom. The van der Waals surface area contributed by atoms with Crippen molar-refractivity contribution < 1.29 is 4.74 Å². The van der Waals surface area contributed by atoms with Crippen LogP contribution in [-0.2, 0) is 6.42 Å². The third-order valence-electron chi connectivity index (χ3n) is 3.43. The summed E-state index contributed by atoms with van der Waals surface area (Å²) in [4.78, 5) is 8.48. The second kappa shape index (κ2) is 7.74. The number of hydrogen-bond acceptors (Lipinski definition) is 4. The predicted molar refractivity (Wildman–Crippen MR) is 84.5 cm³/mol. The first-order chi connectivity index (χ1) is 10.2. The largest absolute Gasteiger partial charge is 0.481 e. The molecule has 21 heavy (non-hydrogen) atoms. The van der Waals surface area contributed by atoms with Gasteiger partial charge in [0.2, 0.25) is 5.88 Å². The van der Waals surface area contributed by atoms with Gasteiger partial charge >= 0.3 is 0 Å². The van der Waals surface area contributed by atoms with Crippen LogP contribution in [0.5, 0.6) is 5.88 Å². The van der Waals surface area contributed by atoms with Gasteiger partial charge in [0.1, 0.15) is 6.33 Å². The van der Waals surface area contributed by atoms with Crippen LogP contribution in [0.25, 0.3) is 0 Å². The highest BCUT2D eigenvalue weighted by Crippen LogP contribution is 2.19. The van der Waals surface area contributed by atoms with Crippen LogP contribution in [0.1, 0.15) is 36.2 Å². The number of hydrogen-bond donors (Lipinski definition) is 1. The molecule has 4 heteroatoms. The maximum Gasteiger partial charge on any atom is 0.216 e. The van der Waals surface area contributed by atoms with Gasteiger partial charge in [-0.15, -0.1) is 0 Å². The fourth-order valence-electron chi connectivity index (χ4n) is 2.22. The quantitative estimate of drug-likeness (QED) is 0.849. The molecule has 1 unspecified atom stereocenters. The maximum absolute atomic E-state index is 5.20. The Morgan fingerprint density at radius 2 is 1.95 bits per heavy atom. The zero-order chi connectivity index (χ0) is 15.1. The molecule has 0 amide bonds. The molecule has 1 aromatic heterocycles. The topological polar surface area (TPSA) is 47.0 Å². The minimum absolute atomic E-state index is 0.171. The van der Waals surface area contributed by atoms with Crippen molar-refractivity contribution in [3.63, 3.8) is 0 Å². The molecule has 0 spiro atoms. The molecule has 112 valence electrons. The Morgan fingerprint density at radius 3 is 2.62 bits per heavy atom. The first-order valence-electron chi connectivity index (χ1n) is 7.37. The molecule has 0 aliphatic rings. The van der Waals surface area contributed by atoms with Gasteiger partial charge in [0.25, 0.3) is 0 Å². The van der Waals surface area contributed by atoms with Crippen molar-refractivity contribution in [2.75, 3.05) is 13.7 Å². The molecule has 1 atom stereocenters.